The lowest BCUT2D eigenvalue weighted by atomic mass is 9.69. The number of ether oxygens (including phenoxy) is 1. The number of carbonyl (C=O) groups excluding carboxylic acids is 2. The van der Waals surface area contributed by atoms with E-state index in [4.69, 9.17) is 4.74 Å². The average molecular weight is 464 g/mol. The van der Waals surface area contributed by atoms with Crippen LogP contribution in [0.25, 0.3) is 0 Å². The Morgan fingerprint density at radius 1 is 1.18 bits per heavy atom. The first-order chi connectivity index (χ1) is 16.3. The molecule has 2 aromatic rings. The zero-order valence-electron chi connectivity index (χ0n) is 20.7. The topological polar surface area (TPSA) is 71.5 Å². The number of hydrogen-bond acceptors (Lipinski definition) is 4. The fourth-order valence-corrected chi connectivity index (χ4v) is 4.68. The van der Waals surface area contributed by atoms with Crippen molar-refractivity contribution in [3.63, 3.8) is 0 Å². The molecule has 1 aliphatic carbocycles. The Bertz CT molecular complexity index is 959. The molecule has 3 atom stereocenters. The second kappa shape index (κ2) is 12.4. The van der Waals surface area contributed by atoms with Crippen LogP contribution in [0.2, 0.25) is 0 Å². The number of para-hydroxylation sites is 1. The number of allylic oxidation sites excluding steroid dienone is 1. The molecule has 1 aromatic carbocycles. The Morgan fingerprint density at radius 2 is 1.94 bits per heavy atom. The van der Waals surface area contributed by atoms with Gasteiger partial charge in [0, 0.05) is 39.0 Å². The molecule has 1 aromatic heterocycles. The van der Waals surface area contributed by atoms with E-state index in [9.17, 15) is 9.59 Å². The van der Waals surface area contributed by atoms with Crippen LogP contribution in [0.4, 0.5) is 0 Å². The first-order valence-electron chi connectivity index (χ1n) is 12.1. The van der Waals surface area contributed by atoms with Crippen molar-refractivity contribution in [3.8, 4) is 5.75 Å². The van der Waals surface area contributed by atoms with E-state index in [0.29, 0.717) is 37.1 Å². The molecule has 0 bridgehead atoms. The van der Waals surface area contributed by atoms with Crippen molar-refractivity contribution in [2.75, 3.05) is 20.2 Å². The summed E-state index contributed by atoms with van der Waals surface area (Å²) in [6.07, 6.45) is 7.27. The highest BCUT2D eigenvalue weighted by Crippen LogP contribution is 2.39. The molecule has 0 aliphatic heterocycles. The van der Waals surface area contributed by atoms with Crippen LogP contribution in [0.3, 0.4) is 0 Å². The van der Waals surface area contributed by atoms with E-state index in [1.165, 1.54) is 5.57 Å². The number of hydrogen-bond donors (Lipinski definition) is 1. The average Bonchev–Trinajstić information content (AvgIpc) is 2.83. The monoisotopic (exact) mass is 463 g/mol. The molecule has 0 spiro atoms. The number of carbonyl (C=O) groups is 2. The summed E-state index contributed by atoms with van der Waals surface area (Å²) in [6.45, 7) is 7.71. The summed E-state index contributed by atoms with van der Waals surface area (Å²) in [5.41, 5.74) is 2.26. The van der Waals surface area contributed by atoms with Gasteiger partial charge in [0.1, 0.15) is 5.75 Å². The molecular formula is C28H37N3O3. The molecule has 0 saturated carbocycles. The van der Waals surface area contributed by atoms with Crippen LogP contribution >= 0.6 is 0 Å². The van der Waals surface area contributed by atoms with Gasteiger partial charge in [-0.05, 0) is 60.8 Å². The van der Waals surface area contributed by atoms with Crippen molar-refractivity contribution in [2.24, 2.45) is 23.7 Å². The summed E-state index contributed by atoms with van der Waals surface area (Å²) < 4.78 is 5.56. The number of amides is 2. The molecule has 6 nitrogen and oxygen atoms in total. The first-order valence-corrected chi connectivity index (χ1v) is 12.1. The van der Waals surface area contributed by atoms with Gasteiger partial charge in [-0.3, -0.25) is 14.6 Å². The fourth-order valence-electron chi connectivity index (χ4n) is 4.68. The number of rotatable bonds is 10. The van der Waals surface area contributed by atoms with Gasteiger partial charge in [-0.2, -0.15) is 0 Å². The summed E-state index contributed by atoms with van der Waals surface area (Å²) in [6, 6.07) is 13.2. The largest absolute Gasteiger partial charge is 0.484 e. The molecular weight excluding hydrogens is 426 g/mol. The van der Waals surface area contributed by atoms with Crippen molar-refractivity contribution < 1.29 is 14.3 Å². The van der Waals surface area contributed by atoms with Crippen LogP contribution in [0.5, 0.6) is 5.75 Å². The molecule has 3 unspecified atom stereocenters. The van der Waals surface area contributed by atoms with Crippen LogP contribution in [-0.4, -0.2) is 41.9 Å². The summed E-state index contributed by atoms with van der Waals surface area (Å²) in [5, 5.41) is 3.04. The number of benzene rings is 1. The first kappa shape index (κ1) is 25.5. The molecule has 0 radical (unpaired) electrons. The predicted molar refractivity (Wildman–Crippen MR) is 134 cm³/mol. The van der Waals surface area contributed by atoms with Gasteiger partial charge >= 0.3 is 0 Å². The van der Waals surface area contributed by atoms with Crippen molar-refractivity contribution >= 4 is 11.8 Å². The summed E-state index contributed by atoms with van der Waals surface area (Å²) in [7, 11) is 1.85. The number of nitrogens with zero attached hydrogens (tertiary/aromatic N) is 2. The van der Waals surface area contributed by atoms with Crippen molar-refractivity contribution in [2.45, 2.75) is 40.2 Å². The summed E-state index contributed by atoms with van der Waals surface area (Å²) in [5.74, 6) is 2.05. The molecule has 34 heavy (non-hydrogen) atoms. The number of pyridine rings is 1. The van der Waals surface area contributed by atoms with Crippen molar-refractivity contribution in [1.29, 1.82) is 0 Å². The SMILES string of the molecule is CC1=CC(CNC(=O)COc2ccccc2)C(C(C)C)CC1CC(=O)N(C)Cc1cccnc1. The molecule has 6 heteroatoms. The Balaban J connectivity index is 1.54. The van der Waals surface area contributed by atoms with Gasteiger partial charge in [-0.1, -0.05) is 49.8 Å². The van der Waals surface area contributed by atoms with Crippen LogP contribution < -0.4 is 10.1 Å². The van der Waals surface area contributed by atoms with E-state index < -0.39 is 0 Å². The minimum atomic E-state index is -0.119. The lowest BCUT2D eigenvalue weighted by molar-refractivity contribution is -0.131. The van der Waals surface area contributed by atoms with Crippen molar-refractivity contribution in [1.82, 2.24) is 15.2 Å². The van der Waals surface area contributed by atoms with E-state index in [1.54, 1.807) is 17.3 Å². The highest BCUT2D eigenvalue weighted by molar-refractivity contribution is 5.77. The lowest BCUT2D eigenvalue weighted by Gasteiger charge is -2.37. The van der Waals surface area contributed by atoms with E-state index in [-0.39, 0.29) is 30.3 Å². The van der Waals surface area contributed by atoms with E-state index in [1.807, 2.05) is 49.5 Å². The van der Waals surface area contributed by atoms with Crippen LogP contribution in [-0.2, 0) is 16.1 Å². The zero-order chi connectivity index (χ0) is 24.5. The van der Waals surface area contributed by atoms with E-state index in [0.717, 1.165) is 12.0 Å². The highest BCUT2D eigenvalue weighted by atomic mass is 16.5. The second-order valence-corrected chi connectivity index (χ2v) is 9.64. The van der Waals surface area contributed by atoms with Gasteiger partial charge in [-0.15, -0.1) is 0 Å². The molecule has 0 saturated heterocycles. The Kier molecular flexibility index (Phi) is 9.25. The van der Waals surface area contributed by atoms with Crippen LogP contribution in [0.1, 0.15) is 39.2 Å². The predicted octanol–water partition coefficient (Wildman–Crippen LogP) is 4.48. The Labute approximate surface area is 203 Å². The standard InChI is InChI=1S/C28H37N3O3/c1-20(2)26-14-23(15-28(33)31(4)18-22-9-8-12-29-16-22)21(3)13-24(26)17-30-27(32)19-34-25-10-6-5-7-11-25/h5-13,16,20,23-24,26H,14-15,17-19H2,1-4H3,(H,30,32). The van der Waals surface area contributed by atoms with Crippen molar-refractivity contribution in [3.05, 3.63) is 72.1 Å². The zero-order valence-corrected chi connectivity index (χ0v) is 20.7. The molecule has 0 fully saturated rings. The Morgan fingerprint density at radius 3 is 2.62 bits per heavy atom. The molecule has 1 heterocycles. The lowest BCUT2D eigenvalue weighted by Crippen LogP contribution is -2.39. The van der Waals surface area contributed by atoms with Gasteiger partial charge in [0.05, 0.1) is 0 Å². The molecule has 3 rings (SSSR count). The minimum Gasteiger partial charge on any atom is -0.484 e. The summed E-state index contributed by atoms with van der Waals surface area (Å²) in [4.78, 5) is 31.2. The van der Waals surface area contributed by atoms with Crippen LogP contribution in [0.15, 0.2) is 66.5 Å². The quantitative estimate of drug-likeness (QED) is 0.528. The smallest absolute Gasteiger partial charge is 0.257 e. The molecule has 1 aliphatic rings. The van der Waals surface area contributed by atoms with Gasteiger partial charge in [0.15, 0.2) is 6.61 Å². The minimum absolute atomic E-state index is 0.00612. The van der Waals surface area contributed by atoms with E-state index >= 15 is 0 Å². The van der Waals surface area contributed by atoms with Gasteiger partial charge in [0.25, 0.3) is 5.91 Å². The number of aromatic nitrogens is 1. The Hall–Kier alpha value is -3.15. The van der Waals surface area contributed by atoms with Crippen LogP contribution in [0, 0.1) is 23.7 Å². The third-order valence-electron chi connectivity index (χ3n) is 6.72. The number of nitrogens with one attached hydrogen (secondary N) is 1. The molecule has 182 valence electrons. The molecule has 2 amide bonds. The third-order valence-corrected chi connectivity index (χ3v) is 6.72. The third kappa shape index (κ3) is 7.44. The second-order valence-electron chi connectivity index (χ2n) is 9.64. The highest BCUT2D eigenvalue weighted by Gasteiger charge is 2.33. The normalized spacial score (nSPS) is 19.9. The maximum Gasteiger partial charge on any atom is 0.257 e. The van der Waals surface area contributed by atoms with Gasteiger partial charge < -0.3 is 15.0 Å². The fraction of sp³-hybridized carbons (Fsp3) is 0.464. The summed E-state index contributed by atoms with van der Waals surface area (Å²) >= 11 is 0. The van der Waals surface area contributed by atoms with E-state index in [2.05, 4.69) is 37.1 Å². The molecule has 1 N–H and O–H groups in total. The maximum atomic E-state index is 12.9. The maximum absolute atomic E-state index is 12.9. The van der Waals surface area contributed by atoms with Gasteiger partial charge in [0.2, 0.25) is 5.91 Å². The van der Waals surface area contributed by atoms with Gasteiger partial charge in [-0.25, -0.2) is 0 Å².